The predicted molar refractivity (Wildman–Crippen MR) is 83.2 cm³/mol. The van der Waals surface area contributed by atoms with Gasteiger partial charge in [-0.1, -0.05) is 90.3 Å². The van der Waals surface area contributed by atoms with Crippen LogP contribution in [-0.2, 0) is 0 Å². The second-order valence-corrected chi connectivity index (χ2v) is 7.35. The molecule has 3 rings (SSSR count). The Kier molecular flexibility index (Phi) is 3.29. The van der Waals surface area contributed by atoms with Crippen molar-refractivity contribution in [1.29, 1.82) is 0 Å². The van der Waals surface area contributed by atoms with E-state index >= 15 is 0 Å². The number of hydrogen-bond acceptors (Lipinski definition) is 0. The minimum Gasteiger partial charge on any atom is -0.0833 e. The molecule has 2 aromatic rings. The van der Waals surface area contributed by atoms with Crippen molar-refractivity contribution < 1.29 is 0 Å². The molecule has 19 heavy (non-hydrogen) atoms. The molecule has 1 atom stereocenters. The molecule has 0 aromatic heterocycles. The molecular weight excluding hydrogens is 299 g/mol. The largest absolute Gasteiger partial charge is 0.194 e. The van der Waals surface area contributed by atoms with E-state index in [2.05, 4.69) is 36.4 Å². The van der Waals surface area contributed by atoms with Crippen LogP contribution in [-0.4, -0.2) is 3.79 Å². The fourth-order valence-electron chi connectivity index (χ4n) is 2.92. The van der Waals surface area contributed by atoms with Gasteiger partial charge in [0.2, 0.25) is 0 Å². The average Bonchev–Trinajstić information content (AvgIpc) is 2.71. The lowest BCUT2D eigenvalue weighted by Gasteiger charge is -2.27. The van der Waals surface area contributed by atoms with Gasteiger partial charge in [0.15, 0.2) is 3.79 Å². The van der Waals surface area contributed by atoms with Gasteiger partial charge in [-0.2, -0.15) is 0 Å². The summed E-state index contributed by atoms with van der Waals surface area (Å²) in [6, 6.07) is 16.7. The molecule has 0 bridgehead atoms. The van der Waals surface area contributed by atoms with Crippen LogP contribution in [0, 0.1) is 5.92 Å². The highest BCUT2D eigenvalue weighted by Gasteiger charge is 2.41. The van der Waals surface area contributed by atoms with Gasteiger partial charge in [-0.15, -0.1) is 0 Å². The molecule has 0 spiro atoms. The number of halogens is 3. The molecule has 0 radical (unpaired) electrons. The van der Waals surface area contributed by atoms with E-state index in [4.69, 9.17) is 34.8 Å². The summed E-state index contributed by atoms with van der Waals surface area (Å²) in [5.41, 5.74) is 5.01. The first-order chi connectivity index (χ1) is 9.00. The zero-order valence-corrected chi connectivity index (χ0v) is 12.7. The van der Waals surface area contributed by atoms with Crippen molar-refractivity contribution in [2.75, 3.05) is 0 Å². The normalized spacial score (nSPS) is 16.0. The first-order valence-electron chi connectivity index (χ1n) is 6.25. The maximum absolute atomic E-state index is 6.13. The highest BCUT2D eigenvalue weighted by molar-refractivity contribution is 6.67. The Labute approximate surface area is 128 Å². The van der Waals surface area contributed by atoms with Gasteiger partial charge in [0.05, 0.1) is 0 Å². The van der Waals surface area contributed by atoms with Crippen LogP contribution in [0.25, 0.3) is 11.1 Å². The summed E-state index contributed by atoms with van der Waals surface area (Å²) in [7, 11) is 0. The molecule has 1 aliphatic rings. The number of rotatable bonds is 1. The SMILES string of the molecule is CC(C1c2ccccc2-c2ccccc21)C(Cl)(Cl)Cl. The molecule has 0 heterocycles. The van der Waals surface area contributed by atoms with Crippen LogP contribution in [0.5, 0.6) is 0 Å². The molecule has 98 valence electrons. The van der Waals surface area contributed by atoms with Crippen molar-refractivity contribution in [2.24, 2.45) is 5.92 Å². The number of alkyl halides is 3. The quantitative estimate of drug-likeness (QED) is 0.583. The Hall–Kier alpha value is -0.690. The van der Waals surface area contributed by atoms with Crippen LogP contribution in [0.1, 0.15) is 24.0 Å². The lowest BCUT2D eigenvalue weighted by molar-refractivity contribution is 0.530. The molecule has 0 N–H and O–H groups in total. The van der Waals surface area contributed by atoms with Gasteiger partial charge in [-0.25, -0.2) is 0 Å². The van der Waals surface area contributed by atoms with E-state index in [9.17, 15) is 0 Å². The molecular formula is C16H13Cl3. The van der Waals surface area contributed by atoms with Crippen LogP contribution in [0.15, 0.2) is 48.5 Å². The zero-order chi connectivity index (χ0) is 13.6. The minimum absolute atomic E-state index is 0.0812. The topological polar surface area (TPSA) is 0 Å². The molecule has 0 saturated carbocycles. The summed E-state index contributed by atoms with van der Waals surface area (Å²) in [5, 5.41) is 0. The van der Waals surface area contributed by atoms with Crippen molar-refractivity contribution >= 4 is 34.8 Å². The molecule has 0 amide bonds. The van der Waals surface area contributed by atoms with E-state index in [1.165, 1.54) is 22.3 Å². The fourth-order valence-corrected chi connectivity index (χ4v) is 3.30. The van der Waals surface area contributed by atoms with Gasteiger partial charge < -0.3 is 0 Å². The highest BCUT2D eigenvalue weighted by Crippen LogP contribution is 2.53. The molecule has 0 aliphatic heterocycles. The van der Waals surface area contributed by atoms with Gasteiger partial charge in [0.1, 0.15) is 0 Å². The van der Waals surface area contributed by atoms with Crippen LogP contribution >= 0.6 is 34.8 Å². The van der Waals surface area contributed by atoms with Crippen molar-refractivity contribution in [1.82, 2.24) is 0 Å². The first kappa shape index (κ1) is 13.3. The predicted octanol–water partition coefficient (Wildman–Crippen LogP) is 5.81. The Morgan fingerprint density at radius 1 is 0.842 bits per heavy atom. The maximum atomic E-state index is 6.13. The smallest absolute Gasteiger partial charge is 0.0833 e. The Morgan fingerprint density at radius 2 is 1.26 bits per heavy atom. The molecule has 0 nitrogen and oxygen atoms in total. The van der Waals surface area contributed by atoms with Crippen LogP contribution in [0.2, 0.25) is 0 Å². The number of hydrogen-bond donors (Lipinski definition) is 0. The van der Waals surface area contributed by atoms with Gasteiger partial charge in [-0.3, -0.25) is 0 Å². The molecule has 0 fully saturated rings. The lowest BCUT2D eigenvalue weighted by Crippen LogP contribution is -2.23. The van der Waals surface area contributed by atoms with E-state index in [1.807, 2.05) is 19.1 Å². The zero-order valence-electron chi connectivity index (χ0n) is 10.4. The van der Waals surface area contributed by atoms with Crippen molar-refractivity contribution in [2.45, 2.75) is 16.6 Å². The third kappa shape index (κ3) is 2.16. The summed E-state index contributed by atoms with van der Waals surface area (Å²) < 4.78 is -1.27. The van der Waals surface area contributed by atoms with E-state index in [0.29, 0.717) is 0 Å². The van der Waals surface area contributed by atoms with Gasteiger partial charge in [-0.05, 0) is 22.3 Å². The van der Waals surface area contributed by atoms with Crippen molar-refractivity contribution in [3.63, 3.8) is 0 Å². The van der Waals surface area contributed by atoms with Gasteiger partial charge in [0, 0.05) is 11.8 Å². The van der Waals surface area contributed by atoms with Crippen molar-refractivity contribution in [3.8, 4) is 11.1 Å². The second-order valence-electron chi connectivity index (χ2n) is 4.98. The molecule has 0 saturated heterocycles. The summed E-state index contributed by atoms with van der Waals surface area (Å²) in [6.07, 6.45) is 0. The van der Waals surface area contributed by atoms with Crippen LogP contribution in [0.4, 0.5) is 0 Å². The molecule has 2 aromatic carbocycles. The van der Waals surface area contributed by atoms with Crippen LogP contribution in [0.3, 0.4) is 0 Å². The number of fused-ring (bicyclic) bond motifs is 3. The Bertz CT molecular complexity index is 568. The molecule has 1 aliphatic carbocycles. The van der Waals surface area contributed by atoms with E-state index in [-0.39, 0.29) is 11.8 Å². The van der Waals surface area contributed by atoms with Crippen molar-refractivity contribution in [3.05, 3.63) is 59.7 Å². The summed E-state index contributed by atoms with van der Waals surface area (Å²) in [5.74, 6) is 0.0576. The van der Waals surface area contributed by atoms with Gasteiger partial charge >= 0.3 is 0 Å². The van der Waals surface area contributed by atoms with E-state index < -0.39 is 3.79 Å². The molecule has 3 heteroatoms. The standard InChI is InChI=1S/C16H13Cl3/c1-10(16(17,18)19)15-13-8-4-2-6-11(13)12-7-3-5-9-14(12)15/h2-10,15H,1H3. The van der Waals surface area contributed by atoms with Crippen LogP contribution < -0.4 is 0 Å². The fraction of sp³-hybridized carbons (Fsp3) is 0.250. The third-order valence-corrected chi connectivity index (χ3v) is 4.93. The molecule has 1 unspecified atom stereocenters. The lowest BCUT2D eigenvalue weighted by atomic mass is 9.86. The van der Waals surface area contributed by atoms with E-state index in [1.54, 1.807) is 0 Å². The Morgan fingerprint density at radius 3 is 1.68 bits per heavy atom. The third-order valence-electron chi connectivity index (χ3n) is 3.90. The van der Waals surface area contributed by atoms with Gasteiger partial charge in [0.25, 0.3) is 0 Å². The highest BCUT2D eigenvalue weighted by atomic mass is 35.6. The summed E-state index contributed by atoms with van der Waals surface area (Å²) in [4.78, 5) is 0. The average molecular weight is 312 g/mol. The first-order valence-corrected chi connectivity index (χ1v) is 7.38. The maximum Gasteiger partial charge on any atom is 0.194 e. The minimum atomic E-state index is -1.27. The Balaban J connectivity index is 2.20. The van der Waals surface area contributed by atoms with E-state index in [0.717, 1.165) is 0 Å². The summed E-state index contributed by atoms with van der Waals surface area (Å²) >= 11 is 18.4. The number of benzene rings is 2. The second kappa shape index (κ2) is 4.70. The monoisotopic (exact) mass is 310 g/mol. The summed E-state index contributed by atoms with van der Waals surface area (Å²) in [6.45, 7) is 2.00.